The van der Waals surface area contributed by atoms with E-state index >= 15 is 0 Å². The van der Waals surface area contributed by atoms with Crippen molar-refractivity contribution in [2.45, 2.75) is 149 Å². The number of carboxylic acid groups (broad SMARTS) is 1. The smallest absolute Gasteiger partial charge is 0.326 e. The molecule has 18 heteroatoms. The van der Waals surface area contributed by atoms with Crippen LogP contribution in [0.3, 0.4) is 0 Å². The van der Waals surface area contributed by atoms with Gasteiger partial charge in [0.1, 0.15) is 23.9 Å². The van der Waals surface area contributed by atoms with Gasteiger partial charge in [-0.2, -0.15) is 0 Å². The number of rotatable bonds is 28. The summed E-state index contributed by atoms with van der Waals surface area (Å²) in [6.45, 7) is 13.6. The first kappa shape index (κ1) is 57.0. The Labute approximate surface area is 402 Å². The minimum Gasteiger partial charge on any atom is -0.496 e. The molecule has 3 N–H and O–H groups in total. The molecule has 9 atom stereocenters. The van der Waals surface area contributed by atoms with E-state index < -0.39 is 66.1 Å². The molecule has 0 bridgehead atoms. The number of likely N-dealkylation sites (N-methyl/N-ethyl adjacent to an activating group) is 2. The van der Waals surface area contributed by atoms with Crippen LogP contribution in [0.4, 0.5) is 0 Å². The Kier molecular flexibility index (Phi) is 22.6. The van der Waals surface area contributed by atoms with Crippen molar-refractivity contribution in [3.05, 3.63) is 42.0 Å². The van der Waals surface area contributed by atoms with Gasteiger partial charge in [-0.25, -0.2) is 4.79 Å². The van der Waals surface area contributed by atoms with Gasteiger partial charge in [0.25, 0.3) is 11.8 Å². The van der Waals surface area contributed by atoms with E-state index in [1.165, 1.54) is 43.3 Å². The van der Waals surface area contributed by atoms with E-state index in [9.17, 15) is 43.5 Å². The quantitative estimate of drug-likeness (QED) is 0.0806. The zero-order valence-corrected chi connectivity index (χ0v) is 42.3. The number of imide groups is 1. The number of carboxylic acids is 1. The summed E-state index contributed by atoms with van der Waals surface area (Å²) in [5, 5.41) is 15.7. The van der Waals surface area contributed by atoms with Gasteiger partial charge in [0, 0.05) is 66.4 Å². The molecule has 7 amide bonds. The second-order valence-electron chi connectivity index (χ2n) is 18.9. The lowest BCUT2D eigenvalue weighted by Crippen LogP contribution is -2.60. The van der Waals surface area contributed by atoms with Gasteiger partial charge in [-0.1, -0.05) is 79.5 Å². The molecule has 0 saturated carbocycles. The number of unbranched alkanes of at least 4 members (excludes halogenated alkanes) is 2. The van der Waals surface area contributed by atoms with Crippen molar-refractivity contribution in [1.82, 2.24) is 30.2 Å². The van der Waals surface area contributed by atoms with Crippen LogP contribution in [0.25, 0.3) is 0 Å². The molecule has 4 unspecified atom stereocenters. The summed E-state index contributed by atoms with van der Waals surface area (Å²) in [4.78, 5) is 112. The van der Waals surface area contributed by atoms with Crippen molar-refractivity contribution in [3.63, 3.8) is 0 Å². The predicted molar refractivity (Wildman–Crippen MR) is 255 cm³/mol. The Morgan fingerprint density at radius 3 is 2.04 bits per heavy atom. The minimum atomic E-state index is -1.24. The second-order valence-corrected chi connectivity index (χ2v) is 18.9. The molecular formula is C50H78N6O12. The third-order valence-electron chi connectivity index (χ3n) is 13.6. The highest BCUT2D eigenvalue weighted by atomic mass is 16.5. The molecule has 0 aromatic heterocycles. The van der Waals surface area contributed by atoms with Crippen LogP contribution in [0.2, 0.25) is 0 Å². The van der Waals surface area contributed by atoms with E-state index in [4.69, 9.17) is 14.2 Å². The molecule has 0 spiro atoms. The highest BCUT2D eigenvalue weighted by Gasteiger charge is 2.44. The molecule has 18 nitrogen and oxygen atoms in total. The number of carbonyl (C=O) groups excluding carboxylic acids is 7. The van der Waals surface area contributed by atoms with Crippen LogP contribution in [0, 0.1) is 23.7 Å². The summed E-state index contributed by atoms with van der Waals surface area (Å²) in [7, 11) is 7.68. The van der Waals surface area contributed by atoms with Crippen LogP contribution in [-0.2, 0) is 54.3 Å². The third kappa shape index (κ3) is 14.8. The van der Waals surface area contributed by atoms with Crippen molar-refractivity contribution in [1.29, 1.82) is 0 Å². The van der Waals surface area contributed by atoms with Crippen LogP contribution < -0.4 is 15.4 Å². The first-order valence-corrected chi connectivity index (χ1v) is 24.0. The van der Waals surface area contributed by atoms with Gasteiger partial charge in [-0.15, -0.1) is 0 Å². The van der Waals surface area contributed by atoms with E-state index in [0.717, 1.165) is 0 Å². The number of likely N-dealkylation sites (tertiary alicyclic amines) is 1. The number of methoxy groups -OCH3 is 3. The van der Waals surface area contributed by atoms with Crippen LogP contribution in [0.15, 0.2) is 36.4 Å². The summed E-state index contributed by atoms with van der Waals surface area (Å²) < 4.78 is 17.3. The summed E-state index contributed by atoms with van der Waals surface area (Å²) in [5.41, 5.74) is 0.621. The van der Waals surface area contributed by atoms with Gasteiger partial charge >= 0.3 is 5.97 Å². The van der Waals surface area contributed by atoms with E-state index in [2.05, 4.69) is 10.6 Å². The van der Waals surface area contributed by atoms with Gasteiger partial charge in [-0.3, -0.25) is 38.5 Å². The molecule has 68 heavy (non-hydrogen) atoms. The summed E-state index contributed by atoms with van der Waals surface area (Å²) in [6, 6.07) is 2.80. The van der Waals surface area contributed by atoms with Crippen LogP contribution in [0.5, 0.6) is 5.75 Å². The standard InChI is InChI=1S/C50H78N6O12/c1-13-32(6)45(54(9)49(63)43(30(2)3)52-48(62)44(31(4)5)53(8)39(57)23-15-14-18-26-56-40(58)24-25-41(56)59)38(67-11)29-42(60)55-27-19-21-36(55)46(68-12)33(7)47(61)51-35(50(64)65)28-34-20-16-17-22-37(34)66-10/h16-17,20,22,24-25,30-33,35-36,38,43-46H,13-15,18-19,21,23,26-29H2,1-12H3,(H,51,61)(H,52,62)(H,64,65)/t32-,33+,35-,36-,38?,43-,44?,45?,46?/m0/s1. The molecule has 2 aliphatic rings. The maximum atomic E-state index is 14.6. The molecule has 3 rings (SSSR count). The van der Waals surface area contributed by atoms with Gasteiger partial charge in [0.2, 0.25) is 29.5 Å². The fraction of sp³-hybridized carbons (Fsp3) is 0.680. The summed E-state index contributed by atoms with van der Waals surface area (Å²) in [5.74, 6) is -4.90. The Hall–Kier alpha value is -5.36. The molecule has 0 aliphatic carbocycles. The average molecular weight is 955 g/mol. The van der Waals surface area contributed by atoms with Gasteiger partial charge < -0.3 is 44.7 Å². The van der Waals surface area contributed by atoms with Crippen molar-refractivity contribution >= 4 is 47.3 Å². The largest absolute Gasteiger partial charge is 0.496 e. The number of ether oxygens (including phenoxy) is 3. The Morgan fingerprint density at radius 2 is 1.49 bits per heavy atom. The number of nitrogens with one attached hydrogen (secondary N) is 2. The highest BCUT2D eigenvalue weighted by Crippen LogP contribution is 2.30. The number of para-hydroxylation sites is 1. The van der Waals surface area contributed by atoms with Gasteiger partial charge in [0.05, 0.1) is 43.7 Å². The lowest BCUT2D eigenvalue weighted by atomic mass is 9.89. The predicted octanol–water partition coefficient (Wildman–Crippen LogP) is 3.84. The molecule has 380 valence electrons. The third-order valence-corrected chi connectivity index (χ3v) is 13.6. The van der Waals surface area contributed by atoms with E-state index in [1.54, 1.807) is 55.1 Å². The number of hydrogen-bond donors (Lipinski definition) is 3. The molecule has 2 aliphatic heterocycles. The van der Waals surface area contributed by atoms with Crippen molar-refractivity contribution in [3.8, 4) is 5.75 Å². The van der Waals surface area contributed by atoms with Crippen molar-refractivity contribution < 1.29 is 57.7 Å². The van der Waals surface area contributed by atoms with Crippen molar-refractivity contribution in [2.75, 3.05) is 48.5 Å². The summed E-state index contributed by atoms with van der Waals surface area (Å²) >= 11 is 0. The Bertz CT molecular complexity index is 1920. The minimum absolute atomic E-state index is 0.00529. The number of benzene rings is 1. The molecule has 1 aromatic carbocycles. The van der Waals surface area contributed by atoms with E-state index in [1.807, 2.05) is 41.5 Å². The Morgan fingerprint density at radius 1 is 0.838 bits per heavy atom. The Balaban J connectivity index is 1.72. The van der Waals surface area contributed by atoms with Gasteiger partial charge in [0.15, 0.2) is 0 Å². The lowest BCUT2D eigenvalue weighted by molar-refractivity contribution is -0.149. The fourth-order valence-corrected chi connectivity index (χ4v) is 9.50. The maximum Gasteiger partial charge on any atom is 0.326 e. The SMILES string of the molecule is CC[C@H](C)C(C(CC(=O)N1CCC[C@H]1C(OC)[C@@H](C)C(=O)N[C@@H](Cc1ccccc1OC)C(=O)O)OC)N(C)C(=O)[C@@H](NC(=O)C(C(C)C)N(C)C(=O)CCCCCN1C(=O)C=CC1=O)C(C)C. The van der Waals surface area contributed by atoms with Crippen LogP contribution in [-0.4, -0.2) is 163 Å². The summed E-state index contributed by atoms with van der Waals surface area (Å²) in [6.07, 6.45) is 4.50. The first-order valence-electron chi connectivity index (χ1n) is 24.0. The highest BCUT2D eigenvalue weighted by molar-refractivity contribution is 6.12. The molecular weight excluding hydrogens is 877 g/mol. The zero-order valence-electron chi connectivity index (χ0n) is 42.3. The van der Waals surface area contributed by atoms with Crippen LogP contribution >= 0.6 is 0 Å². The van der Waals surface area contributed by atoms with Crippen LogP contribution in [0.1, 0.15) is 105 Å². The number of aliphatic carboxylic acids is 1. The molecule has 0 radical (unpaired) electrons. The second kappa shape index (κ2) is 27.0. The normalized spacial score (nSPS) is 18.4. The number of hydrogen-bond acceptors (Lipinski definition) is 11. The van der Waals surface area contributed by atoms with Gasteiger partial charge in [-0.05, 0) is 55.1 Å². The van der Waals surface area contributed by atoms with E-state index in [0.29, 0.717) is 56.4 Å². The molecule has 1 saturated heterocycles. The van der Waals surface area contributed by atoms with E-state index in [-0.39, 0.29) is 73.1 Å². The number of nitrogens with zero attached hydrogens (tertiary/aromatic N) is 4. The number of amides is 7. The fourth-order valence-electron chi connectivity index (χ4n) is 9.50. The first-order chi connectivity index (χ1) is 32.1. The lowest BCUT2D eigenvalue weighted by Gasteiger charge is -2.41. The molecule has 1 fully saturated rings. The average Bonchev–Trinajstić information content (AvgIpc) is 3.92. The topological polar surface area (TPSA) is 222 Å². The van der Waals surface area contributed by atoms with Crippen molar-refractivity contribution in [2.24, 2.45) is 23.7 Å². The number of carbonyl (C=O) groups is 8. The monoisotopic (exact) mass is 955 g/mol. The zero-order chi connectivity index (χ0) is 51.0. The molecule has 2 heterocycles. The maximum absolute atomic E-state index is 14.6. The molecule has 1 aromatic rings.